The van der Waals surface area contributed by atoms with E-state index in [0.717, 1.165) is 5.56 Å². The van der Waals surface area contributed by atoms with Crippen molar-refractivity contribution < 1.29 is 4.74 Å². The van der Waals surface area contributed by atoms with Crippen LogP contribution in [0.1, 0.15) is 5.56 Å². The van der Waals surface area contributed by atoms with Crippen LogP contribution in [0.4, 0.5) is 11.9 Å². The highest BCUT2D eigenvalue weighted by Crippen LogP contribution is 2.08. The molecule has 0 unspecified atom stereocenters. The molecule has 0 bridgehead atoms. The third-order valence-electron chi connectivity index (χ3n) is 1.86. The van der Waals surface area contributed by atoms with Crippen molar-refractivity contribution >= 4 is 11.9 Å². The van der Waals surface area contributed by atoms with Crippen molar-refractivity contribution in [3.63, 3.8) is 0 Å². The number of benzene rings is 1. The second-order valence-corrected chi connectivity index (χ2v) is 3.11. The van der Waals surface area contributed by atoms with Gasteiger partial charge in [-0.05, 0) is 5.56 Å². The first-order valence-electron chi connectivity index (χ1n) is 4.68. The Morgan fingerprint density at radius 1 is 0.938 bits per heavy atom. The highest BCUT2D eigenvalue weighted by molar-refractivity contribution is 5.27. The van der Waals surface area contributed by atoms with E-state index in [-0.39, 0.29) is 17.9 Å². The maximum absolute atomic E-state index is 5.41. The first-order valence-corrected chi connectivity index (χ1v) is 4.68. The summed E-state index contributed by atoms with van der Waals surface area (Å²) >= 11 is 0. The van der Waals surface area contributed by atoms with Crippen molar-refractivity contribution in [2.24, 2.45) is 0 Å². The molecule has 0 spiro atoms. The molecule has 2 rings (SSSR count). The first-order chi connectivity index (χ1) is 7.74. The summed E-state index contributed by atoms with van der Waals surface area (Å²) in [5.74, 6) is 0.103. The molecule has 1 aromatic heterocycles. The van der Waals surface area contributed by atoms with Crippen molar-refractivity contribution in [3.05, 3.63) is 35.9 Å². The van der Waals surface area contributed by atoms with E-state index in [1.54, 1.807) is 0 Å². The number of nitrogen functional groups attached to an aromatic ring is 2. The van der Waals surface area contributed by atoms with Gasteiger partial charge in [0.15, 0.2) is 0 Å². The fourth-order valence-corrected chi connectivity index (χ4v) is 1.18. The van der Waals surface area contributed by atoms with Crippen LogP contribution in [0, 0.1) is 0 Å². The van der Waals surface area contributed by atoms with E-state index >= 15 is 0 Å². The molecule has 6 heteroatoms. The summed E-state index contributed by atoms with van der Waals surface area (Å²) in [5.41, 5.74) is 11.8. The molecule has 0 saturated heterocycles. The zero-order valence-electron chi connectivity index (χ0n) is 8.50. The Morgan fingerprint density at radius 2 is 1.56 bits per heavy atom. The maximum Gasteiger partial charge on any atom is 0.323 e. The van der Waals surface area contributed by atoms with Crippen LogP contribution in [0.2, 0.25) is 0 Å². The zero-order chi connectivity index (χ0) is 11.4. The van der Waals surface area contributed by atoms with E-state index < -0.39 is 0 Å². The molecule has 4 N–H and O–H groups in total. The van der Waals surface area contributed by atoms with Crippen molar-refractivity contribution in [1.29, 1.82) is 0 Å². The number of hydrogen-bond acceptors (Lipinski definition) is 6. The number of nitrogens with two attached hydrogens (primary N) is 2. The van der Waals surface area contributed by atoms with Crippen LogP contribution in [0.5, 0.6) is 6.01 Å². The zero-order valence-corrected chi connectivity index (χ0v) is 8.50. The molecule has 0 atom stereocenters. The number of nitrogens with zero attached hydrogens (tertiary/aromatic N) is 3. The van der Waals surface area contributed by atoms with E-state index in [9.17, 15) is 0 Å². The highest BCUT2D eigenvalue weighted by atomic mass is 16.5. The maximum atomic E-state index is 5.41. The number of rotatable bonds is 3. The van der Waals surface area contributed by atoms with Crippen molar-refractivity contribution in [3.8, 4) is 6.01 Å². The summed E-state index contributed by atoms with van der Waals surface area (Å²) < 4.78 is 5.33. The summed E-state index contributed by atoms with van der Waals surface area (Å²) in [6.45, 7) is 0.365. The van der Waals surface area contributed by atoms with E-state index in [2.05, 4.69) is 15.0 Å². The standard InChI is InChI=1S/C10H11N5O/c11-8-13-9(12)15-10(14-8)16-6-7-4-2-1-3-5-7/h1-5H,6H2,(H4,11,12,13,14,15). The average molecular weight is 217 g/mol. The number of hydrogen-bond donors (Lipinski definition) is 2. The van der Waals surface area contributed by atoms with Crippen LogP contribution in [-0.4, -0.2) is 15.0 Å². The smallest absolute Gasteiger partial charge is 0.323 e. The molecular weight excluding hydrogens is 206 g/mol. The Balaban J connectivity index is 2.05. The van der Waals surface area contributed by atoms with Crippen LogP contribution in [0.15, 0.2) is 30.3 Å². The molecule has 1 heterocycles. The molecule has 0 aliphatic heterocycles. The summed E-state index contributed by atoms with van der Waals surface area (Å²) in [6.07, 6.45) is 0. The molecular formula is C10H11N5O. The Morgan fingerprint density at radius 3 is 2.19 bits per heavy atom. The first kappa shape index (κ1) is 10.2. The number of ether oxygens (including phenoxy) is 1. The van der Waals surface area contributed by atoms with Gasteiger partial charge in [-0.25, -0.2) is 0 Å². The Hall–Kier alpha value is -2.37. The minimum Gasteiger partial charge on any atom is -0.458 e. The largest absolute Gasteiger partial charge is 0.458 e. The predicted molar refractivity (Wildman–Crippen MR) is 59.4 cm³/mol. The van der Waals surface area contributed by atoms with Crippen LogP contribution in [-0.2, 0) is 6.61 Å². The number of anilines is 2. The quantitative estimate of drug-likeness (QED) is 0.781. The van der Waals surface area contributed by atoms with Gasteiger partial charge in [0.05, 0.1) is 0 Å². The second-order valence-electron chi connectivity index (χ2n) is 3.11. The monoisotopic (exact) mass is 217 g/mol. The molecule has 6 nitrogen and oxygen atoms in total. The van der Waals surface area contributed by atoms with E-state index in [1.807, 2.05) is 30.3 Å². The molecule has 82 valence electrons. The molecule has 0 fully saturated rings. The second kappa shape index (κ2) is 4.43. The summed E-state index contributed by atoms with van der Waals surface area (Å²) in [5, 5.41) is 0. The predicted octanol–water partition coefficient (Wildman–Crippen LogP) is 0.615. The molecule has 1 aromatic carbocycles. The van der Waals surface area contributed by atoms with Gasteiger partial charge in [-0.15, -0.1) is 0 Å². The van der Waals surface area contributed by atoms with Gasteiger partial charge in [-0.1, -0.05) is 30.3 Å². The van der Waals surface area contributed by atoms with Crippen LogP contribution in [0.3, 0.4) is 0 Å². The normalized spacial score (nSPS) is 10.0. The summed E-state index contributed by atoms with van der Waals surface area (Å²) in [7, 11) is 0. The van der Waals surface area contributed by atoms with Gasteiger partial charge in [0.2, 0.25) is 11.9 Å². The van der Waals surface area contributed by atoms with Gasteiger partial charge in [-0.2, -0.15) is 15.0 Å². The Bertz CT molecular complexity index is 454. The van der Waals surface area contributed by atoms with Gasteiger partial charge in [0.1, 0.15) is 6.61 Å². The minimum atomic E-state index is 0.0514. The van der Waals surface area contributed by atoms with Crippen molar-refractivity contribution in [2.45, 2.75) is 6.61 Å². The van der Waals surface area contributed by atoms with Crippen LogP contribution < -0.4 is 16.2 Å². The third-order valence-corrected chi connectivity index (χ3v) is 1.86. The lowest BCUT2D eigenvalue weighted by Gasteiger charge is -2.04. The van der Waals surface area contributed by atoms with E-state index in [1.165, 1.54) is 0 Å². The molecule has 0 aliphatic rings. The Labute approximate surface area is 92.3 Å². The average Bonchev–Trinajstić information content (AvgIpc) is 2.27. The molecule has 0 radical (unpaired) electrons. The van der Waals surface area contributed by atoms with Gasteiger partial charge in [0, 0.05) is 0 Å². The Kier molecular flexibility index (Phi) is 2.81. The lowest BCUT2D eigenvalue weighted by atomic mass is 10.2. The van der Waals surface area contributed by atoms with Crippen molar-refractivity contribution in [2.75, 3.05) is 11.5 Å². The minimum absolute atomic E-state index is 0.0514. The fourth-order valence-electron chi connectivity index (χ4n) is 1.18. The summed E-state index contributed by atoms with van der Waals surface area (Å²) in [6, 6.07) is 9.79. The molecule has 0 aliphatic carbocycles. The van der Waals surface area contributed by atoms with Crippen molar-refractivity contribution in [1.82, 2.24) is 15.0 Å². The molecule has 2 aromatic rings. The van der Waals surface area contributed by atoms with Gasteiger partial charge < -0.3 is 16.2 Å². The topological polar surface area (TPSA) is 99.9 Å². The lowest BCUT2D eigenvalue weighted by molar-refractivity contribution is 0.281. The van der Waals surface area contributed by atoms with E-state index in [4.69, 9.17) is 16.2 Å². The van der Waals surface area contributed by atoms with Crippen LogP contribution >= 0.6 is 0 Å². The van der Waals surface area contributed by atoms with Gasteiger partial charge in [-0.3, -0.25) is 0 Å². The third kappa shape index (κ3) is 2.57. The summed E-state index contributed by atoms with van der Waals surface area (Å²) in [4.78, 5) is 11.2. The molecule has 16 heavy (non-hydrogen) atoms. The van der Waals surface area contributed by atoms with Crippen LogP contribution in [0.25, 0.3) is 0 Å². The van der Waals surface area contributed by atoms with Gasteiger partial charge in [0.25, 0.3) is 0 Å². The lowest BCUT2D eigenvalue weighted by Crippen LogP contribution is -2.06. The fraction of sp³-hybridized carbons (Fsp3) is 0.100. The number of aromatic nitrogens is 3. The highest BCUT2D eigenvalue weighted by Gasteiger charge is 2.02. The SMILES string of the molecule is Nc1nc(N)nc(OCc2ccccc2)n1. The van der Waals surface area contributed by atoms with E-state index in [0.29, 0.717) is 6.61 Å². The molecule has 0 amide bonds. The molecule has 0 saturated carbocycles. The van der Waals surface area contributed by atoms with Gasteiger partial charge >= 0.3 is 6.01 Å².